The molecule has 0 aliphatic carbocycles. The molecule has 0 radical (unpaired) electrons. The summed E-state index contributed by atoms with van der Waals surface area (Å²) in [6.45, 7) is 10.4. The topological polar surface area (TPSA) is 26.3 Å². The highest BCUT2D eigenvalue weighted by atomic mass is 16.5. The SMILES string of the molecule is C=CC(=O)OCCc1ccc(-c2cc(CCC)c(CCC)cc2-c2ccc(C)cc2)cc1. The van der Waals surface area contributed by atoms with Crippen LogP contribution in [0.15, 0.2) is 73.3 Å². The second-order valence-electron chi connectivity index (χ2n) is 8.35. The Hall–Kier alpha value is -3.13. The molecule has 3 rings (SSSR count). The molecule has 0 fully saturated rings. The highest BCUT2D eigenvalue weighted by Crippen LogP contribution is 2.36. The summed E-state index contributed by atoms with van der Waals surface area (Å²) in [6, 6.07) is 22.3. The molecule has 3 aromatic rings. The van der Waals surface area contributed by atoms with Gasteiger partial charge in [-0.15, -0.1) is 0 Å². The molecule has 0 unspecified atom stereocenters. The largest absolute Gasteiger partial charge is 0.462 e. The summed E-state index contributed by atoms with van der Waals surface area (Å²) in [6.07, 6.45) is 6.39. The van der Waals surface area contributed by atoms with Crippen LogP contribution in [0.4, 0.5) is 0 Å². The van der Waals surface area contributed by atoms with E-state index in [2.05, 4.69) is 88.0 Å². The Morgan fingerprint density at radius 1 is 0.812 bits per heavy atom. The fourth-order valence-electron chi connectivity index (χ4n) is 4.08. The van der Waals surface area contributed by atoms with E-state index in [0.717, 1.165) is 31.2 Å². The minimum Gasteiger partial charge on any atom is -0.462 e. The highest BCUT2D eigenvalue weighted by Gasteiger charge is 2.13. The van der Waals surface area contributed by atoms with Crippen molar-refractivity contribution < 1.29 is 9.53 Å². The van der Waals surface area contributed by atoms with Crippen molar-refractivity contribution in [2.45, 2.75) is 52.9 Å². The number of rotatable bonds is 10. The van der Waals surface area contributed by atoms with Gasteiger partial charge in [-0.25, -0.2) is 4.79 Å². The van der Waals surface area contributed by atoms with Gasteiger partial charge in [-0.05, 0) is 58.7 Å². The van der Waals surface area contributed by atoms with Gasteiger partial charge in [0.2, 0.25) is 0 Å². The van der Waals surface area contributed by atoms with Gasteiger partial charge in [0.05, 0.1) is 6.61 Å². The lowest BCUT2D eigenvalue weighted by Crippen LogP contribution is -2.04. The maximum absolute atomic E-state index is 11.3. The first-order valence-electron chi connectivity index (χ1n) is 11.7. The third-order valence-electron chi connectivity index (χ3n) is 5.81. The van der Waals surface area contributed by atoms with Crippen molar-refractivity contribution in [1.82, 2.24) is 0 Å². The van der Waals surface area contributed by atoms with Crippen LogP contribution in [0.3, 0.4) is 0 Å². The lowest BCUT2D eigenvalue weighted by atomic mass is 9.87. The average Bonchev–Trinajstić information content (AvgIpc) is 2.81. The third-order valence-corrected chi connectivity index (χ3v) is 5.81. The number of ether oxygens (including phenoxy) is 1. The van der Waals surface area contributed by atoms with Gasteiger partial charge in [0.1, 0.15) is 0 Å². The van der Waals surface area contributed by atoms with Crippen LogP contribution in [0.1, 0.15) is 48.9 Å². The lowest BCUT2D eigenvalue weighted by Gasteiger charge is -2.17. The molecule has 3 aromatic carbocycles. The van der Waals surface area contributed by atoms with Gasteiger partial charge in [0.25, 0.3) is 0 Å². The van der Waals surface area contributed by atoms with Gasteiger partial charge in [0.15, 0.2) is 0 Å². The first-order valence-corrected chi connectivity index (χ1v) is 11.7. The van der Waals surface area contributed by atoms with Gasteiger partial charge < -0.3 is 4.74 Å². The van der Waals surface area contributed by atoms with Crippen LogP contribution in [-0.4, -0.2) is 12.6 Å². The molecule has 0 aliphatic rings. The zero-order valence-electron chi connectivity index (χ0n) is 19.6. The number of carbonyl (C=O) groups excluding carboxylic acids is 1. The summed E-state index contributed by atoms with van der Waals surface area (Å²) in [7, 11) is 0. The van der Waals surface area contributed by atoms with E-state index in [1.807, 2.05) is 0 Å². The molecular weight excluding hydrogens is 392 g/mol. The lowest BCUT2D eigenvalue weighted by molar-refractivity contribution is -0.137. The fourth-order valence-corrected chi connectivity index (χ4v) is 4.08. The van der Waals surface area contributed by atoms with E-state index in [1.54, 1.807) is 0 Å². The van der Waals surface area contributed by atoms with E-state index in [9.17, 15) is 4.79 Å². The molecular formula is C30H34O2. The summed E-state index contributed by atoms with van der Waals surface area (Å²) >= 11 is 0. The summed E-state index contributed by atoms with van der Waals surface area (Å²) in [5, 5.41) is 0. The zero-order chi connectivity index (χ0) is 22.9. The van der Waals surface area contributed by atoms with E-state index in [-0.39, 0.29) is 5.97 Å². The molecule has 0 amide bonds. The summed E-state index contributed by atoms with van der Waals surface area (Å²) in [5.41, 5.74) is 10.4. The van der Waals surface area contributed by atoms with E-state index in [1.165, 1.54) is 45.0 Å². The predicted molar refractivity (Wildman–Crippen MR) is 135 cm³/mol. The normalized spacial score (nSPS) is 10.7. The van der Waals surface area contributed by atoms with Crippen LogP contribution in [0.25, 0.3) is 22.3 Å². The van der Waals surface area contributed by atoms with Crippen molar-refractivity contribution in [2.75, 3.05) is 6.61 Å². The Morgan fingerprint density at radius 3 is 1.78 bits per heavy atom. The Bertz CT molecular complexity index is 1040. The molecule has 0 aromatic heterocycles. The highest BCUT2D eigenvalue weighted by molar-refractivity contribution is 5.85. The molecule has 0 bridgehead atoms. The number of benzene rings is 3. The number of hydrogen-bond acceptors (Lipinski definition) is 2. The second-order valence-corrected chi connectivity index (χ2v) is 8.35. The molecule has 0 spiro atoms. The number of aryl methyl sites for hydroxylation is 3. The van der Waals surface area contributed by atoms with Crippen LogP contribution in [0.2, 0.25) is 0 Å². The Morgan fingerprint density at radius 2 is 1.31 bits per heavy atom. The van der Waals surface area contributed by atoms with Crippen molar-refractivity contribution in [3.63, 3.8) is 0 Å². The molecule has 0 aliphatic heterocycles. The van der Waals surface area contributed by atoms with Gasteiger partial charge in [-0.2, -0.15) is 0 Å². The summed E-state index contributed by atoms with van der Waals surface area (Å²) in [4.78, 5) is 11.3. The molecule has 0 saturated heterocycles. The number of hydrogen-bond donors (Lipinski definition) is 0. The van der Waals surface area contributed by atoms with Crippen molar-refractivity contribution in [2.24, 2.45) is 0 Å². The van der Waals surface area contributed by atoms with E-state index < -0.39 is 0 Å². The number of esters is 1. The van der Waals surface area contributed by atoms with Crippen LogP contribution >= 0.6 is 0 Å². The van der Waals surface area contributed by atoms with Gasteiger partial charge >= 0.3 is 5.97 Å². The predicted octanol–water partition coefficient (Wildman–Crippen LogP) is 7.51. The molecule has 0 heterocycles. The molecule has 0 atom stereocenters. The van der Waals surface area contributed by atoms with Crippen LogP contribution in [0, 0.1) is 6.92 Å². The maximum Gasteiger partial charge on any atom is 0.330 e. The van der Waals surface area contributed by atoms with Crippen molar-refractivity contribution >= 4 is 5.97 Å². The van der Waals surface area contributed by atoms with Crippen molar-refractivity contribution in [1.29, 1.82) is 0 Å². The summed E-state index contributed by atoms with van der Waals surface area (Å²) < 4.78 is 5.12. The number of carbonyl (C=O) groups is 1. The van der Waals surface area contributed by atoms with Crippen LogP contribution in [-0.2, 0) is 28.8 Å². The second kappa shape index (κ2) is 11.5. The first-order chi connectivity index (χ1) is 15.5. The molecule has 0 N–H and O–H groups in total. The van der Waals surface area contributed by atoms with E-state index in [4.69, 9.17) is 4.74 Å². The van der Waals surface area contributed by atoms with Gasteiger partial charge in [-0.3, -0.25) is 0 Å². The minimum absolute atomic E-state index is 0.366. The molecule has 0 saturated carbocycles. The standard InChI is InChI=1S/C30H34O2/c1-5-8-26-20-28(24-14-10-22(4)11-15-24)29(21-27(26)9-6-2)25-16-12-23(13-17-25)18-19-32-30(31)7-3/h7,10-17,20-21H,3,5-6,8-9,18-19H2,1-2,4H3. The molecule has 2 nitrogen and oxygen atoms in total. The van der Waals surface area contributed by atoms with Crippen LogP contribution < -0.4 is 0 Å². The first kappa shape index (κ1) is 23.5. The molecule has 166 valence electrons. The smallest absolute Gasteiger partial charge is 0.330 e. The average molecular weight is 427 g/mol. The molecule has 32 heavy (non-hydrogen) atoms. The van der Waals surface area contributed by atoms with E-state index in [0.29, 0.717) is 13.0 Å². The van der Waals surface area contributed by atoms with Crippen LogP contribution in [0.5, 0.6) is 0 Å². The van der Waals surface area contributed by atoms with Gasteiger partial charge in [0, 0.05) is 12.5 Å². The monoisotopic (exact) mass is 426 g/mol. The van der Waals surface area contributed by atoms with Crippen molar-refractivity contribution in [3.8, 4) is 22.3 Å². The minimum atomic E-state index is -0.375. The summed E-state index contributed by atoms with van der Waals surface area (Å²) in [5.74, 6) is -0.375. The quantitative estimate of drug-likeness (QED) is 0.248. The third kappa shape index (κ3) is 5.97. The Balaban J connectivity index is 1.99. The Labute approximate surface area is 193 Å². The zero-order valence-corrected chi connectivity index (χ0v) is 19.6. The van der Waals surface area contributed by atoms with Gasteiger partial charge in [-0.1, -0.05) is 99.5 Å². The molecule has 2 heteroatoms. The maximum atomic E-state index is 11.3. The fraction of sp³-hybridized carbons (Fsp3) is 0.300. The van der Waals surface area contributed by atoms with Crippen molar-refractivity contribution in [3.05, 3.63) is 95.6 Å². The van der Waals surface area contributed by atoms with E-state index >= 15 is 0 Å². The Kier molecular flexibility index (Phi) is 8.44.